The van der Waals surface area contributed by atoms with Gasteiger partial charge in [0.05, 0.1) is 12.7 Å². The largest absolute Gasteiger partial charge is 0.391 e. The molecule has 7 heteroatoms. The van der Waals surface area contributed by atoms with Crippen LogP contribution < -0.4 is 4.72 Å². The molecule has 1 fully saturated rings. The minimum absolute atomic E-state index is 0.129. The number of nitrogens with one attached hydrogen (secondary N) is 1. The molecule has 1 aromatic heterocycles. The molecule has 1 aromatic rings. The van der Waals surface area contributed by atoms with Gasteiger partial charge in [-0.05, 0) is 37.8 Å². The lowest BCUT2D eigenvalue weighted by Gasteiger charge is -2.22. The SMILES string of the molecule is O=S(=O)(NCCC1CCCCO1)c1ccc(CO)s1. The van der Waals surface area contributed by atoms with E-state index in [4.69, 9.17) is 9.84 Å². The average Bonchev–Trinajstić information content (AvgIpc) is 2.89. The first kappa shape index (κ1) is 14.9. The van der Waals surface area contributed by atoms with Crippen LogP contribution >= 0.6 is 11.3 Å². The summed E-state index contributed by atoms with van der Waals surface area (Å²) < 4.78 is 32.3. The molecule has 1 aliphatic heterocycles. The molecule has 0 amide bonds. The van der Waals surface area contributed by atoms with Gasteiger partial charge in [-0.15, -0.1) is 11.3 Å². The predicted octanol–water partition coefficient (Wildman–Crippen LogP) is 1.48. The van der Waals surface area contributed by atoms with E-state index in [-0.39, 0.29) is 16.9 Å². The molecule has 2 rings (SSSR count). The van der Waals surface area contributed by atoms with E-state index >= 15 is 0 Å². The summed E-state index contributed by atoms with van der Waals surface area (Å²) in [6.45, 7) is 1.04. The van der Waals surface area contributed by atoms with E-state index in [1.165, 1.54) is 6.07 Å². The van der Waals surface area contributed by atoms with E-state index in [0.29, 0.717) is 17.8 Å². The van der Waals surface area contributed by atoms with E-state index in [1.807, 2.05) is 0 Å². The number of hydrogen-bond donors (Lipinski definition) is 2. The van der Waals surface area contributed by atoms with Crippen LogP contribution in [0.2, 0.25) is 0 Å². The molecule has 1 unspecified atom stereocenters. The topological polar surface area (TPSA) is 75.6 Å². The summed E-state index contributed by atoms with van der Waals surface area (Å²) in [6, 6.07) is 3.15. The van der Waals surface area contributed by atoms with Gasteiger partial charge >= 0.3 is 0 Å². The van der Waals surface area contributed by atoms with Gasteiger partial charge < -0.3 is 9.84 Å². The highest BCUT2D eigenvalue weighted by atomic mass is 32.2. The Balaban J connectivity index is 1.83. The summed E-state index contributed by atoms with van der Waals surface area (Å²) in [5, 5.41) is 8.94. The van der Waals surface area contributed by atoms with E-state index in [2.05, 4.69) is 4.72 Å². The van der Waals surface area contributed by atoms with Crippen molar-refractivity contribution in [2.24, 2.45) is 0 Å². The monoisotopic (exact) mass is 305 g/mol. The van der Waals surface area contributed by atoms with Gasteiger partial charge in [-0.25, -0.2) is 13.1 Å². The molecule has 0 radical (unpaired) electrons. The Kier molecular flexibility index (Phi) is 5.35. The van der Waals surface area contributed by atoms with Gasteiger partial charge in [0.25, 0.3) is 0 Å². The zero-order valence-electron chi connectivity index (χ0n) is 10.7. The molecule has 2 heterocycles. The fraction of sp³-hybridized carbons (Fsp3) is 0.667. The van der Waals surface area contributed by atoms with Crippen LogP contribution in [0.4, 0.5) is 0 Å². The summed E-state index contributed by atoms with van der Waals surface area (Å²) in [4.78, 5) is 0.649. The Bertz CT molecular complexity index is 492. The molecule has 1 atom stereocenters. The Hall–Kier alpha value is -0.470. The van der Waals surface area contributed by atoms with Crippen molar-refractivity contribution in [1.82, 2.24) is 4.72 Å². The van der Waals surface area contributed by atoms with Crippen LogP contribution in [0.15, 0.2) is 16.3 Å². The van der Waals surface area contributed by atoms with Crippen molar-refractivity contribution in [2.75, 3.05) is 13.2 Å². The zero-order chi connectivity index (χ0) is 13.7. The van der Waals surface area contributed by atoms with Crippen LogP contribution in [0.3, 0.4) is 0 Å². The molecule has 108 valence electrons. The Morgan fingerprint density at radius 2 is 2.26 bits per heavy atom. The Labute approximate surface area is 117 Å². The van der Waals surface area contributed by atoms with Crippen molar-refractivity contribution in [2.45, 2.75) is 42.6 Å². The van der Waals surface area contributed by atoms with Gasteiger partial charge in [0.2, 0.25) is 10.0 Å². The lowest BCUT2D eigenvalue weighted by atomic mass is 10.1. The number of ether oxygens (including phenoxy) is 1. The average molecular weight is 305 g/mol. The molecule has 1 aliphatic rings. The van der Waals surface area contributed by atoms with Crippen LogP contribution in [0.5, 0.6) is 0 Å². The number of hydrogen-bond acceptors (Lipinski definition) is 5. The minimum Gasteiger partial charge on any atom is -0.391 e. The first-order valence-corrected chi connectivity index (χ1v) is 8.72. The van der Waals surface area contributed by atoms with Crippen molar-refractivity contribution in [3.63, 3.8) is 0 Å². The fourth-order valence-corrected chi connectivity index (χ4v) is 4.36. The van der Waals surface area contributed by atoms with Crippen LogP contribution in [0.25, 0.3) is 0 Å². The highest BCUT2D eigenvalue weighted by molar-refractivity contribution is 7.91. The van der Waals surface area contributed by atoms with E-state index < -0.39 is 10.0 Å². The first-order chi connectivity index (χ1) is 9.12. The molecule has 0 aromatic carbocycles. The summed E-state index contributed by atoms with van der Waals surface area (Å²) >= 11 is 1.09. The molecule has 1 saturated heterocycles. The normalized spacial score (nSPS) is 20.6. The lowest BCUT2D eigenvalue weighted by Crippen LogP contribution is -2.29. The standard InChI is InChI=1S/C12H19NO4S2/c14-9-11-4-5-12(18-11)19(15,16)13-7-6-10-3-1-2-8-17-10/h4-5,10,13-14H,1-3,6-9H2. The molecular formula is C12H19NO4S2. The number of aliphatic hydroxyl groups excluding tert-OH is 1. The zero-order valence-corrected chi connectivity index (χ0v) is 12.3. The summed E-state index contributed by atoms with van der Waals surface area (Å²) in [5.74, 6) is 0. The van der Waals surface area contributed by atoms with E-state index in [0.717, 1.165) is 37.2 Å². The van der Waals surface area contributed by atoms with Gasteiger partial charge in [0, 0.05) is 18.0 Å². The van der Waals surface area contributed by atoms with Gasteiger partial charge in [0.1, 0.15) is 4.21 Å². The van der Waals surface area contributed by atoms with Crippen molar-refractivity contribution in [3.05, 3.63) is 17.0 Å². The van der Waals surface area contributed by atoms with Gasteiger partial charge in [-0.3, -0.25) is 0 Å². The Morgan fingerprint density at radius 1 is 1.42 bits per heavy atom. The molecule has 2 N–H and O–H groups in total. The second kappa shape index (κ2) is 6.81. The van der Waals surface area contributed by atoms with Gasteiger partial charge in [0.15, 0.2) is 0 Å². The van der Waals surface area contributed by atoms with Crippen molar-refractivity contribution >= 4 is 21.4 Å². The molecule has 0 aliphatic carbocycles. The summed E-state index contributed by atoms with van der Waals surface area (Å²) in [5.41, 5.74) is 0. The molecule has 0 bridgehead atoms. The highest BCUT2D eigenvalue weighted by Crippen LogP contribution is 2.21. The maximum Gasteiger partial charge on any atom is 0.250 e. The van der Waals surface area contributed by atoms with Crippen molar-refractivity contribution in [3.8, 4) is 0 Å². The molecule has 0 spiro atoms. The quantitative estimate of drug-likeness (QED) is 0.834. The maximum atomic E-state index is 12.0. The number of aliphatic hydroxyl groups is 1. The molecule has 19 heavy (non-hydrogen) atoms. The number of rotatable bonds is 6. The van der Waals surface area contributed by atoms with Crippen LogP contribution in [0.1, 0.15) is 30.6 Å². The fourth-order valence-electron chi connectivity index (χ4n) is 2.05. The van der Waals surface area contributed by atoms with Gasteiger partial charge in [-0.1, -0.05) is 0 Å². The van der Waals surface area contributed by atoms with E-state index in [9.17, 15) is 8.42 Å². The number of thiophene rings is 1. The molecular weight excluding hydrogens is 286 g/mol. The van der Waals surface area contributed by atoms with Crippen molar-refractivity contribution in [1.29, 1.82) is 0 Å². The second-order valence-electron chi connectivity index (χ2n) is 4.55. The van der Waals surface area contributed by atoms with E-state index in [1.54, 1.807) is 6.07 Å². The first-order valence-electron chi connectivity index (χ1n) is 6.42. The third-order valence-electron chi connectivity index (χ3n) is 3.09. The highest BCUT2D eigenvalue weighted by Gasteiger charge is 2.18. The van der Waals surface area contributed by atoms with Crippen LogP contribution in [-0.4, -0.2) is 32.8 Å². The third kappa shape index (κ3) is 4.25. The smallest absolute Gasteiger partial charge is 0.250 e. The summed E-state index contributed by atoms with van der Waals surface area (Å²) in [6.07, 6.45) is 4.14. The maximum absolute atomic E-state index is 12.0. The van der Waals surface area contributed by atoms with Gasteiger partial charge in [-0.2, -0.15) is 0 Å². The second-order valence-corrected chi connectivity index (χ2v) is 7.72. The number of sulfonamides is 1. The summed E-state index contributed by atoms with van der Waals surface area (Å²) in [7, 11) is -3.45. The van der Waals surface area contributed by atoms with Crippen LogP contribution in [0, 0.1) is 0 Å². The Morgan fingerprint density at radius 3 is 2.89 bits per heavy atom. The molecule has 0 saturated carbocycles. The third-order valence-corrected chi connectivity index (χ3v) is 6.11. The molecule has 5 nitrogen and oxygen atoms in total. The predicted molar refractivity (Wildman–Crippen MR) is 73.6 cm³/mol. The minimum atomic E-state index is -3.45. The van der Waals surface area contributed by atoms with Crippen molar-refractivity contribution < 1.29 is 18.3 Å². The lowest BCUT2D eigenvalue weighted by molar-refractivity contribution is 0.0123. The van der Waals surface area contributed by atoms with Crippen LogP contribution in [-0.2, 0) is 21.4 Å².